The number of ether oxygens (including phenoxy) is 2. The van der Waals surface area contributed by atoms with Gasteiger partial charge in [-0.2, -0.15) is 0 Å². The standard InChI is InChI=1S/C28H26F4N4O4/c1-15(36-13-17-7-8-18(14-36)39-17)27(38)35-23-12-16(6-11-24(23)40-28(30,31)32)25-20(26(33)37)9-10-22(34-25)19-4-2-3-5-21(19)29/h2-6,9-12,15,17-18H,7-8,13-14H2,1H3,(H2,33,37)(H,35,38). The van der Waals surface area contributed by atoms with Gasteiger partial charge < -0.3 is 20.5 Å². The van der Waals surface area contributed by atoms with Crippen molar-refractivity contribution in [3.8, 4) is 28.3 Å². The van der Waals surface area contributed by atoms with E-state index in [9.17, 15) is 27.2 Å². The first kappa shape index (κ1) is 27.5. The Morgan fingerprint density at radius 1 is 1.10 bits per heavy atom. The molecule has 2 saturated heterocycles. The number of morpholine rings is 1. The van der Waals surface area contributed by atoms with E-state index in [0.29, 0.717) is 13.1 Å². The van der Waals surface area contributed by atoms with E-state index in [-0.39, 0.29) is 46.0 Å². The minimum Gasteiger partial charge on any atom is -0.404 e. The molecule has 0 radical (unpaired) electrons. The van der Waals surface area contributed by atoms with Gasteiger partial charge in [0.1, 0.15) is 5.82 Å². The average Bonchev–Trinajstić information content (AvgIpc) is 3.25. The van der Waals surface area contributed by atoms with Crippen LogP contribution in [-0.2, 0) is 9.53 Å². The monoisotopic (exact) mass is 558 g/mol. The predicted octanol–water partition coefficient (Wildman–Crippen LogP) is 4.74. The van der Waals surface area contributed by atoms with Crippen LogP contribution in [0.5, 0.6) is 5.75 Å². The van der Waals surface area contributed by atoms with Crippen molar-refractivity contribution in [2.24, 2.45) is 5.73 Å². The van der Waals surface area contributed by atoms with Gasteiger partial charge in [-0.05, 0) is 62.2 Å². The molecule has 2 amide bonds. The van der Waals surface area contributed by atoms with Gasteiger partial charge in [0.15, 0.2) is 5.75 Å². The summed E-state index contributed by atoms with van der Waals surface area (Å²) >= 11 is 0. The topological polar surface area (TPSA) is 107 Å². The molecule has 3 atom stereocenters. The summed E-state index contributed by atoms with van der Waals surface area (Å²) in [5, 5.41) is 2.54. The smallest absolute Gasteiger partial charge is 0.404 e. The number of carbonyl (C=O) groups is 2. The number of nitrogens with two attached hydrogens (primary N) is 1. The largest absolute Gasteiger partial charge is 0.573 e. The van der Waals surface area contributed by atoms with Gasteiger partial charge in [-0.25, -0.2) is 9.37 Å². The van der Waals surface area contributed by atoms with E-state index in [4.69, 9.17) is 10.5 Å². The molecule has 2 aliphatic heterocycles. The van der Waals surface area contributed by atoms with Gasteiger partial charge in [0.05, 0.1) is 40.9 Å². The Bertz CT molecular complexity index is 1440. The molecule has 3 unspecified atom stereocenters. The maximum absolute atomic E-state index is 14.5. The number of rotatable bonds is 7. The van der Waals surface area contributed by atoms with Crippen molar-refractivity contribution >= 4 is 17.5 Å². The van der Waals surface area contributed by atoms with Gasteiger partial charge in [-0.3, -0.25) is 14.5 Å². The lowest BCUT2D eigenvalue weighted by molar-refractivity contribution is -0.274. The summed E-state index contributed by atoms with van der Waals surface area (Å²) in [4.78, 5) is 31.7. The summed E-state index contributed by atoms with van der Waals surface area (Å²) in [5.41, 5.74) is 5.71. The molecular formula is C28H26F4N4O4. The fourth-order valence-electron chi connectivity index (χ4n) is 5.05. The second kappa shape index (κ2) is 10.9. The highest BCUT2D eigenvalue weighted by Crippen LogP contribution is 2.36. The molecule has 40 heavy (non-hydrogen) atoms. The molecule has 2 bridgehead atoms. The maximum atomic E-state index is 14.5. The zero-order valence-electron chi connectivity index (χ0n) is 21.4. The van der Waals surface area contributed by atoms with Crippen molar-refractivity contribution in [1.29, 1.82) is 0 Å². The van der Waals surface area contributed by atoms with Crippen molar-refractivity contribution in [1.82, 2.24) is 9.88 Å². The molecule has 5 rings (SSSR count). The lowest BCUT2D eigenvalue weighted by Gasteiger charge is -2.35. The van der Waals surface area contributed by atoms with Crippen LogP contribution in [0.2, 0.25) is 0 Å². The summed E-state index contributed by atoms with van der Waals surface area (Å²) in [6.07, 6.45) is -3.22. The summed E-state index contributed by atoms with van der Waals surface area (Å²) in [7, 11) is 0. The van der Waals surface area contributed by atoms with Crippen LogP contribution in [0.1, 0.15) is 30.1 Å². The Balaban J connectivity index is 1.51. The molecule has 2 fully saturated rings. The first-order chi connectivity index (χ1) is 19.0. The number of alkyl halides is 3. The van der Waals surface area contributed by atoms with E-state index >= 15 is 0 Å². The predicted molar refractivity (Wildman–Crippen MR) is 138 cm³/mol. The summed E-state index contributed by atoms with van der Waals surface area (Å²) in [6, 6.07) is 11.5. The van der Waals surface area contributed by atoms with E-state index in [0.717, 1.165) is 18.9 Å². The minimum absolute atomic E-state index is 0.000105. The third kappa shape index (κ3) is 5.92. The number of anilines is 1. The normalized spacial score (nSPS) is 19.7. The van der Waals surface area contributed by atoms with Crippen LogP contribution < -0.4 is 15.8 Å². The molecule has 0 aliphatic carbocycles. The van der Waals surface area contributed by atoms with Crippen LogP contribution in [0, 0.1) is 5.82 Å². The van der Waals surface area contributed by atoms with Gasteiger partial charge in [-0.15, -0.1) is 13.2 Å². The number of nitrogens with zero attached hydrogens (tertiary/aromatic N) is 2. The number of primary amides is 1. The molecule has 3 heterocycles. The third-order valence-electron chi connectivity index (χ3n) is 7.05. The minimum atomic E-state index is -5.03. The maximum Gasteiger partial charge on any atom is 0.573 e. The Kier molecular flexibility index (Phi) is 7.47. The van der Waals surface area contributed by atoms with Crippen molar-refractivity contribution in [2.75, 3.05) is 18.4 Å². The Morgan fingerprint density at radius 3 is 2.45 bits per heavy atom. The number of amides is 2. The zero-order valence-corrected chi connectivity index (χ0v) is 21.4. The highest BCUT2D eigenvalue weighted by molar-refractivity contribution is 6.00. The van der Waals surface area contributed by atoms with Crippen LogP contribution >= 0.6 is 0 Å². The summed E-state index contributed by atoms with van der Waals surface area (Å²) in [5.74, 6) is -2.60. The fourth-order valence-corrected chi connectivity index (χ4v) is 5.05. The molecular weight excluding hydrogens is 532 g/mol. The SMILES string of the molecule is CC(C(=O)Nc1cc(-c2nc(-c3ccccc3F)ccc2C(N)=O)ccc1OC(F)(F)F)N1CC2CCC(C1)O2. The van der Waals surface area contributed by atoms with Crippen LogP contribution in [0.25, 0.3) is 22.5 Å². The van der Waals surface area contributed by atoms with Crippen LogP contribution in [-0.4, -0.2) is 59.4 Å². The van der Waals surface area contributed by atoms with E-state index in [2.05, 4.69) is 15.0 Å². The van der Waals surface area contributed by atoms with Crippen LogP contribution in [0.3, 0.4) is 0 Å². The van der Waals surface area contributed by atoms with Crippen LogP contribution in [0.15, 0.2) is 54.6 Å². The molecule has 3 N–H and O–H groups in total. The third-order valence-corrected chi connectivity index (χ3v) is 7.05. The highest BCUT2D eigenvalue weighted by Gasteiger charge is 2.38. The molecule has 12 heteroatoms. The first-order valence-corrected chi connectivity index (χ1v) is 12.6. The molecule has 1 aromatic heterocycles. The van der Waals surface area contributed by atoms with Crippen LogP contribution in [0.4, 0.5) is 23.2 Å². The fraction of sp³-hybridized carbons (Fsp3) is 0.321. The molecule has 3 aromatic rings. The number of pyridine rings is 1. The molecule has 0 saturated carbocycles. The number of aromatic nitrogens is 1. The highest BCUT2D eigenvalue weighted by atomic mass is 19.4. The zero-order chi connectivity index (χ0) is 28.6. The Morgan fingerprint density at radius 2 is 1.80 bits per heavy atom. The number of likely N-dealkylation sites (tertiary alicyclic amines) is 1. The van der Waals surface area contributed by atoms with Gasteiger partial charge in [0.2, 0.25) is 5.91 Å². The Hall–Kier alpha value is -4.03. The van der Waals surface area contributed by atoms with E-state index < -0.39 is 35.8 Å². The van der Waals surface area contributed by atoms with Crippen molar-refractivity contribution in [3.05, 3.63) is 66.0 Å². The number of nitrogens with one attached hydrogen (secondary N) is 1. The second-order valence-electron chi connectivity index (χ2n) is 9.77. The molecule has 8 nitrogen and oxygen atoms in total. The van der Waals surface area contributed by atoms with Crippen molar-refractivity contribution in [3.63, 3.8) is 0 Å². The number of carbonyl (C=O) groups excluding carboxylic acids is 2. The average molecular weight is 559 g/mol. The van der Waals surface area contributed by atoms with E-state index in [1.807, 2.05) is 4.90 Å². The Labute approximate surface area is 227 Å². The number of halogens is 4. The van der Waals surface area contributed by atoms with Gasteiger partial charge >= 0.3 is 6.36 Å². The van der Waals surface area contributed by atoms with E-state index in [1.165, 1.54) is 42.5 Å². The summed E-state index contributed by atoms with van der Waals surface area (Å²) < 4.78 is 64.1. The number of fused-ring (bicyclic) bond motifs is 2. The number of hydrogen-bond acceptors (Lipinski definition) is 6. The number of hydrogen-bond donors (Lipinski definition) is 2. The molecule has 0 spiro atoms. The number of benzene rings is 2. The second-order valence-corrected chi connectivity index (χ2v) is 9.77. The van der Waals surface area contributed by atoms with E-state index in [1.54, 1.807) is 13.0 Å². The molecule has 210 valence electrons. The van der Waals surface area contributed by atoms with Gasteiger partial charge in [-0.1, -0.05) is 12.1 Å². The molecule has 2 aliphatic rings. The van der Waals surface area contributed by atoms with Gasteiger partial charge in [0.25, 0.3) is 5.91 Å². The quantitative estimate of drug-likeness (QED) is 0.406. The summed E-state index contributed by atoms with van der Waals surface area (Å²) in [6.45, 7) is 2.73. The van der Waals surface area contributed by atoms with Gasteiger partial charge in [0, 0.05) is 24.2 Å². The lowest BCUT2D eigenvalue weighted by Crippen LogP contribution is -2.51. The molecule has 2 aromatic carbocycles. The van der Waals surface area contributed by atoms with Crippen molar-refractivity contribution < 1.29 is 36.6 Å². The van der Waals surface area contributed by atoms with Crippen molar-refractivity contribution in [2.45, 2.75) is 44.4 Å². The lowest BCUT2D eigenvalue weighted by atomic mass is 10.0. The first-order valence-electron chi connectivity index (χ1n) is 12.6.